The number of rotatable bonds is 7. The van der Waals surface area contributed by atoms with Gasteiger partial charge in [0.25, 0.3) is 0 Å². The summed E-state index contributed by atoms with van der Waals surface area (Å²) in [4.78, 5) is 2.33. The average Bonchev–Trinajstić information content (AvgIpc) is 2.47. The molecule has 0 aliphatic rings. The highest BCUT2D eigenvalue weighted by atomic mass is 16.5. The van der Waals surface area contributed by atoms with E-state index in [4.69, 9.17) is 4.74 Å². The Hall–Kier alpha value is -1.04. The van der Waals surface area contributed by atoms with Gasteiger partial charge in [-0.25, -0.2) is 0 Å². The molecule has 0 spiro atoms. The number of terminal acetylenes is 1. The molecule has 1 unspecified atom stereocenters. The Morgan fingerprint density at radius 2 is 1.74 bits per heavy atom. The summed E-state index contributed by atoms with van der Waals surface area (Å²) in [5, 5.41) is 0. The van der Waals surface area contributed by atoms with E-state index < -0.39 is 0 Å². The first-order chi connectivity index (χ1) is 10.7. The second-order valence-electron chi connectivity index (χ2n) is 6.47. The lowest BCUT2D eigenvalue weighted by Gasteiger charge is -2.28. The van der Waals surface area contributed by atoms with E-state index in [1.54, 1.807) is 6.92 Å². The summed E-state index contributed by atoms with van der Waals surface area (Å²) in [6.07, 6.45) is 12.4. The van der Waals surface area contributed by atoms with E-state index in [2.05, 4.69) is 77.1 Å². The first kappa shape index (κ1) is 26.8. The largest absolute Gasteiger partial charge is 0.380 e. The quantitative estimate of drug-likeness (QED) is 0.449. The van der Waals surface area contributed by atoms with Crippen molar-refractivity contribution in [2.75, 3.05) is 27.2 Å². The minimum atomic E-state index is 0.304. The zero-order valence-corrected chi connectivity index (χ0v) is 17.4. The summed E-state index contributed by atoms with van der Waals surface area (Å²) in [5.74, 6) is 2.25. The minimum absolute atomic E-state index is 0.304. The average molecular weight is 324 g/mol. The first-order valence-electron chi connectivity index (χ1n) is 8.60. The summed E-state index contributed by atoms with van der Waals surface area (Å²) in [7, 11) is 3.97. The monoisotopic (exact) mass is 323 g/mol. The van der Waals surface area contributed by atoms with Crippen molar-refractivity contribution in [2.24, 2.45) is 5.41 Å². The molecule has 0 saturated carbocycles. The number of nitrogens with zero attached hydrogens (tertiary/aromatic N) is 1. The predicted octanol–water partition coefficient (Wildman–Crippen LogP) is 5.56. The number of allylic oxidation sites excluding steroid dienone is 2. The second kappa shape index (κ2) is 17.3. The zero-order chi connectivity index (χ0) is 18.9. The van der Waals surface area contributed by atoms with Gasteiger partial charge in [-0.3, -0.25) is 4.90 Å². The van der Waals surface area contributed by atoms with Crippen LogP contribution in [0.4, 0.5) is 0 Å². The lowest BCUT2D eigenvalue weighted by Crippen LogP contribution is -2.34. The van der Waals surface area contributed by atoms with Crippen molar-refractivity contribution in [3.63, 3.8) is 0 Å². The Balaban J connectivity index is -0.000000710. The van der Waals surface area contributed by atoms with Crippen LogP contribution in [-0.4, -0.2) is 38.3 Å². The van der Waals surface area contributed by atoms with Gasteiger partial charge >= 0.3 is 0 Å². The zero-order valence-electron chi connectivity index (χ0n) is 17.4. The van der Waals surface area contributed by atoms with Gasteiger partial charge in [-0.15, -0.1) is 12.3 Å². The van der Waals surface area contributed by atoms with Gasteiger partial charge in [0.15, 0.2) is 0 Å². The summed E-state index contributed by atoms with van der Waals surface area (Å²) in [5.41, 5.74) is 1.67. The maximum atomic E-state index is 5.59. The molecular formula is C21H41NO. The van der Waals surface area contributed by atoms with Crippen molar-refractivity contribution in [3.8, 4) is 12.3 Å². The lowest BCUT2D eigenvalue weighted by molar-refractivity contribution is 0.0435. The highest BCUT2D eigenvalue weighted by molar-refractivity contribution is 5.18. The van der Waals surface area contributed by atoms with Crippen LogP contribution in [-0.2, 0) is 4.74 Å². The number of hydrogen-bond acceptors (Lipinski definition) is 2. The van der Waals surface area contributed by atoms with Gasteiger partial charge < -0.3 is 4.74 Å². The van der Waals surface area contributed by atoms with Crippen LogP contribution in [0, 0.1) is 17.8 Å². The van der Waals surface area contributed by atoms with E-state index in [0.717, 1.165) is 19.5 Å². The normalized spacial score (nSPS) is 12.9. The Kier molecular flexibility index (Phi) is 20.2. The van der Waals surface area contributed by atoms with E-state index in [-0.39, 0.29) is 0 Å². The Labute approximate surface area is 147 Å². The fraction of sp³-hybridized carbons (Fsp3) is 0.714. The molecule has 0 aliphatic carbocycles. The Bertz CT molecular complexity index is 342. The summed E-state index contributed by atoms with van der Waals surface area (Å²) >= 11 is 0. The van der Waals surface area contributed by atoms with Crippen molar-refractivity contribution < 1.29 is 4.74 Å². The molecule has 0 aromatic heterocycles. The van der Waals surface area contributed by atoms with Crippen LogP contribution >= 0.6 is 0 Å². The molecule has 0 radical (unpaired) electrons. The molecule has 0 fully saturated rings. The van der Waals surface area contributed by atoms with Crippen LogP contribution in [0.2, 0.25) is 0 Å². The first-order valence-corrected chi connectivity index (χ1v) is 8.60. The molecule has 0 aromatic carbocycles. The maximum absolute atomic E-state index is 5.59. The van der Waals surface area contributed by atoms with Crippen molar-refractivity contribution in [1.82, 2.24) is 4.90 Å². The molecule has 0 bridgehead atoms. The summed E-state index contributed by atoms with van der Waals surface area (Å²) in [6.45, 7) is 18.5. The van der Waals surface area contributed by atoms with Gasteiger partial charge in [0.2, 0.25) is 0 Å². The fourth-order valence-corrected chi connectivity index (χ4v) is 2.08. The molecule has 0 amide bonds. The standard InChI is InChI=1S/C16H31NO.C3H4.C2H6/c1-8-10-14(9-2)12-17(6)13-15(18-7)11-16(3,4)5;1-3-2;1-2/h8-10,15H,11-13H2,1-7H3;1H,2H3;1-2H3/b10-8-,14-9+;;. The van der Waals surface area contributed by atoms with Crippen LogP contribution in [0.5, 0.6) is 0 Å². The molecule has 0 N–H and O–H groups in total. The number of likely N-dealkylation sites (N-methyl/N-ethyl adjacent to an activating group) is 1. The Morgan fingerprint density at radius 3 is 2.04 bits per heavy atom. The van der Waals surface area contributed by atoms with Crippen molar-refractivity contribution >= 4 is 0 Å². The van der Waals surface area contributed by atoms with Gasteiger partial charge in [0.1, 0.15) is 0 Å². The molecule has 23 heavy (non-hydrogen) atoms. The van der Waals surface area contributed by atoms with Crippen molar-refractivity contribution in [2.45, 2.75) is 67.9 Å². The molecule has 136 valence electrons. The van der Waals surface area contributed by atoms with Gasteiger partial charge in [0, 0.05) is 20.2 Å². The molecule has 2 heteroatoms. The van der Waals surface area contributed by atoms with E-state index in [1.807, 2.05) is 21.0 Å². The molecule has 0 aromatic rings. The van der Waals surface area contributed by atoms with Crippen LogP contribution in [0.15, 0.2) is 23.8 Å². The van der Waals surface area contributed by atoms with Crippen LogP contribution in [0.25, 0.3) is 0 Å². The summed E-state index contributed by atoms with van der Waals surface area (Å²) < 4.78 is 5.59. The molecule has 0 rings (SSSR count). The SMILES string of the molecule is C#CC.C/C=C\C(=C/C)CN(C)CC(CC(C)(C)C)OC.CC. The summed E-state index contributed by atoms with van der Waals surface area (Å²) in [6, 6.07) is 0. The van der Waals surface area contributed by atoms with Gasteiger partial charge in [-0.1, -0.05) is 52.8 Å². The van der Waals surface area contributed by atoms with E-state index in [9.17, 15) is 0 Å². The van der Waals surface area contributed by atoms with E-state index in [1.165, 1.54) is 5.57 Å². The number of methoxy groups -OCH3 is 1. The second-order valence-corrected chi connectivity index (χ2v) is 6.47. The lowest BCUT2D eigenvalue weighted by atomic mass is 9.89. The number of ether oxygens (including phenoxy) is 1. The third-order valence-electron chi connectivity index (χ3n) is 2.89. The molecule has 0 aliphatic heterocycles. The third kappa shape index (κ3) is 21.0. The molecule has 1 atom stereocenters. The minimum Gasteiger partial charge on any atom is -0.380 e. The fourth-order valence-electron chi connectivity index (χ4n) is 2.08. The van der Waals surface area contributed by atoms with Crippen LogP contribution in [0.3, 0.4) is 0 Å². The van der Waals surface area contributed by atoms with Crippen LogP contribution < -0.4 is 0 Å². The predicted molar refractivity (Wildman–Crippen MR) is 107 cm³/mol. The van der Waals surface area contributed by atoms with Crippen molar-refractivity contribution in [1.29, 1.82) is 0 Å². The number of hydrogen-bond donors (Lipinski definition) is 0. The van der Waals surface area contributed by atoms with Gasteiger partial charge in [-0.05, 0) is 45.2 Å². The molecule has 2 nitrogen and oxygen atoms in total. The highest BCUT2D eigenvalue weighted by Crippen LogP contribution is 2.22. The van der Waals surface area contributed by atoms with E-state index in [0.29, 0.717) is 11.5 Å². The molecule has 0 saturated heterocycles. The van der Waals surface area contributed by atoms with Gasteiger partial charge in [0.05, 0.1) is 6.10 Å². The smallest absolute Gasteiger partial charge is 0.0703 e. The molecule has 0 heterocycles. The van der Waals surface area contributed by atoms with Gasteiger partial charge in [-0.2, -0.15) is 0 Å². The third-order valence-corrected chi connectivity index (χ3v) is 2.89. The molecular weight excluding hydrogens is 282 g/mol. The van der Waals surface area contributed by atoms with Crippen molar-refractivity contribution in [3.05, 3.63) is 23.8 Å². The topological polar surface area (TPSA) is 12.5 Å². The van der Waals surface area contributed by atoms with Crippen LogP contribution in [0.1, 0.15) is 61.8 Å². The van der Waals surface area contributed by atoms with E-state index >= 15 is 0 Å². The maximum Gasteiger partial charge on any atom is 0.0703 e. The Morgan fingerprint density at radius 1 is 1.26 bits per heavy atom. The highest BCUT2D eigenvalue weighted by Gasteiger charge is 2.19.